The lowest BCUT2D eigenvalue weighted by molar-refractivity contribution is 0.412. The van der Waals surface area contributed by atoms with Crippen molar-refractivity contribution in [2.75, 3.05) is 7.11 Å². The van der Waals surface area contributed by atoms with Gasteiger partial charge in [0, 0.05) is 17.1 Å². The second-order valence-electron chi connectivity index (χ2n) is 4.76. The molecule has 0 unspecified atom stereocenters. The van der Waals surface area contributed by atoms with E-state index in [1.807, 2.05) is 12.3 Å². The summed E-state index contributed by atoms with van der Waals surface area (Å²) < 4.78 is 5.58. The predicted octanol–water partition coefficient (Wildman–Crippen LogP) is 5.71. The van der Waals surface area contributed by atoms with Gasteiger partial charge >= 0.3 is 0 Å². The minimum atomic E-state index is 0.399. The zero-order chi connectivity index (χ0) is 16.8. The van der Waals surface area contributed by atoms with Crippen molar-refractivity contribution in [2.24, 2.45) is 0 Å². The molecule has 3 rings (SSSR count). The van der Waals surface area contributed by atoms with Crippen LogP contribution in [0, 0.1) is 11.3 Å². The fourth-order valence-corrected chi connectivity index (χ4v) is 3.16. The number of halogens is 2. The minimum absolute atomic E-state index is 0.399. The molecule has 0 atom stereocenters. The maximum Gasteiger partial charge on any atom is 0.134 e. The number of methoxy groups -OCH3 is 1. The molecule has 0 aliphatic heterocycles. The van der Waals surface area contributed by atoms with Crippen LogP contribution in [0.4, 0.5) is 0 Å². The summed E-state index contributed by atoms with van der Waals surface area (Å²) in [5, 5.41) is 10.5. The summed E-state index contributed by atoms with van der Waals surface area (Å²) in [5.41, 5.74) is 3.06. The van der Waals surface area contributed by atoms with Gasteiger partial charge in [-0.05, 0) is 52.2 Å². The topological polar surface area (TPSA) is 48.8 Å². The number of H-pyrrole nitrogens is 1. The molecular formula is C18H16BrClN2O. The molecule has 0 spiro atoms. The largest absolute Gasteiger partial charge is 0.496 e. The van der Waals surface area contributed by atoms with Crippen molar-refractivity contribution in [3.63, 3.8) is 0 Å². The van der Waals surface area contributed by atoms with Crippen LogP contribution in [0.2, 0.25) is 5.02 Å². The maximum absolute atomic E-state index is 8.70. The Morgan fingerprint density at radius 1 is 1.26 bits per heavy atom. The summed E-state index contributed by atoms with van der Waals surface area (Å²) in [5.74, 6) is 0.607. The summed E-state index contributed by atoms with van der Waals surface area (Å²) in [6.45, 7) is 2.18. The molecule has 0 aliphatic rings. The predicted molar refractivity (Wildman–Crippen MR) is 98.1 cm³/mol. The average Bonchev–Trinajstić information content (AvgIpc) is 3.04. The highest BCUT2D eigenvalue weighted by Gasteiger charge is 2.09. The van der Waals surface area contributed by atoms with E-state index in [0.29, 0.717) is 20.8 Å². The van der Waals surface area contributed by atoms with Crippen molar-refractivity contribution in [1.82, 2.24) is 4.98 Å². The van der Waals surface area contributed by atoms with Crippen LogP contribution < -0.4 is 4.74 Å². The van der Waals surface area contributed by atoms with Crippen LogP contribution in [0.1, 0.15) is 18.1 Å². The third kappa shape index (κ3) is 3.87. The first kappa shape index (κ1) is 17.4. The lowest BCUT2D eigenvalue weighted by Gasteiger charge is -2.04. The van der Waals surface area contributed by atoms with Crippen LogP contribution in [0.15, 0.2) is 47.1 Å². The average molecular weight is 392 g/mol. The van der Waals surface area contributed by atoms with Gasteiger partial charge in [0.1, 0.15) is 11.8 Å². The number of aromatic nitrogens is 1. The molecule has 118 valence electrons. The number of nitrogens with one attached hydrogen (secondary N) is 1. The number of hydrogen-bond acceptors (Lipinski definition) is 2. The van der Waals surface area contributed by atoms with Crippen molar-refractivity contribution in [2.45, 2.75) is 13.3 Å². The Hall–Kier alpha value is -1.96. The Morgan fingerprint density at radius 2 is 2.04 bits per heavy atom. The number of rotatable bonds is 2. The second-order valence-corrected chi connectivity index (χ2v) is 5.96. The first-order valence-corrected chi connectivity index (χ1v) is 8.26. The van der Waals surface area contributed by atoms with Gasteiger partial charge in [-0.25, -0.2) is 0 Å². The zero-order valence-electron chi connectivity index (χ0n) is 12.9. The summed E-state index contributed by atoms with van der Waals surface area (Å²) in [6, 6.07) is 13.8. The van der Waals surface area contributed by atoms with Crippen molar-refractivity contribution in [3.8, 4) is 11.8 Å². The lowest BCUT2D eigenvalue weighted by Crippen LogP contribution is -1.87. The van der Waals surface area contributed by atoms with Crippen molar-refractivity contribution in [1.29, 1.82) is 5.26 Å². The van der Waals surface area contributed by atoms with Crippen molar-refractivity contribution >= 4 is 38.4 Å². The molecule has 1 N–H and O–H groups in total. The van der Waals surface area contributed by atoms with Crippen molar-refractivity contribution in [3.05, 3.63) is 63.2 Å². The Morgan fingerprint density at radius 3 is 2.70 bits per heavy atom. The van der Waals surface area contributed by atoms with E-state index in [0.717, 1.165) is 6.42 Å². The third-order valence-corrected chi connectivity index (χ3v) is 4.56. The maximum atomic E-state index is 8.70. The number of aromatic amines is 1. The van der Waals surface area contributed by atoms with Crippen LogP contribution in [0.3, 0.4) is 0 Å². The van der Waals surface area contributed by atoms with Crippen molar-refractivity contribution < 1.29 is 4.74 Å². The molecular weight excluding hydrogens is 376 g/mol. The number of fused-ring (bicyclic) bond motifs is 1. The monoisotopic (exact) mass is 390 g/mol. The van der Waals surface area contributed by atoms with Gasteiger partial charge in [-0.1, -0.05) is 30.7 Å². The molecule has 23 heavy (non-hydrogen) atoms. The van der Waals surface area contributed by atoms with E-state index in [9.17, 15) is 0 Å². The molecule has 2 aromatic carbocycles. The first-order chi connectivity index (χ1) is 11.1. The van der Waals surface area contributed by atoms with E-state index >= 15 is 0 Å². The smallest absolute Gasteiger partial charge is 0.134 e. The fraction of sp³-hybridized carbons (Fsp3) is 0.167. The van der Waals surface area contributed by atoms with Gasteiger partial charge < -0.3 is 9.72 Å². The number of aryl methyl sites for hydroxylation is 1. The molecule has 0 saturated carbocycles. The SMILES string of the molecule is CCc1cccc2[nH]ccc12.COc1ccc(Cl)c(C#N)c1Br. The second kappa shape index (κ2) is 8.05. The molecule has 0 amide bonds. The molecule has 3 aromatic rings. The Labute approximate surface area is 149 Å². The molecule has 0 saturated heterocycles. The van der Waals surface area contributed by atoms with Crippen LogP contribution in [-0.2, 0) is 6.42 Å². The lowest BCUT2D eigenvalue weighted by atomic mass is 10.1. The highest BCUT2D eigenvalue weighted by Crippen LogP contribution is 2.32. The van der Waals surface area contributed by atoms with E-state index in [1.165, 1.54) is 23.6 Å². The molecule has 5 heteroatoms. The molecule has 1 heterocycles. The molecule has 0 aliphatic carbocycles. The summed E-state index contributed by atoms with van der Waals surface area (Å²) in [6.07, 6.45) is 3.10. The summed E-state index contributed by atoms with van der Waals surface area (Å²) in [7, 11) is 1.54. The Kier molecular flexibility index (Phi) is 6.09. The van der Waals surface area contributed by atoms with E-state index < -0.39 is 0 Å². The van der Waals surface area contributed by atoms with E-state index in [4.69, 9.17) is 21.6 Å². The number of benzene rings is 2. The van der Waals surface area contributed by atoms with Gasteiger partial charge in [0.2, 0.25) is 0 Å². The number of nitrogens with zero attached hydrogens (tertiary/aromatic N) is 1. The number of ether oxygens (including phenoxy) is 1. The normalized spacial score (nSPS) is 9.87. The molecule has 0 bridgehead atoms. The van der Waals surface area contributed by atoms with Gasteiger partial charge in [0.15, 0.2) is 0 Å². The van der Waals surface area contributed by atoms with Gasteiger partial charge in [-0.2, -0.15) is 5.26 Å². The molecule has 3 nitrogen and oxygen atoms in total. The summed E-state index contributed by atoms with van der Waals surface area (Å²) in [4.78, 5) is 3.19. The zero-order valence-corrected chi connectivity index (χ0v) is 15.2. The van der Waals surface area contributed by atoms with E-state index in [2.05, 4.69) is 52.1 Å². The first-order valence-electron chi connectivity index (χ1n) is 7.09. The van der Waals surface area contributed by atoms with E-state index in [-0.39, 0.29) is 0 Å². The summed E-state index contributed by atoms with van der Waals surface area (Å²) >= 11 is 8.97. The van der Waals surface area contributed by atoms with Crippen LogP contribution in [-0.4, -0.2) is 12.1 Å². The van der Waals surface area contributed by atoms with Crippen LogP contribution in [0.5, 0.6) is 5.75 Å². The Balaban J connectivity index is 0.000000167. The highest BCUT2D eigenvalue weighted by molar-refractivity contribution is 9.10. The van der Waals surface area contributed by atoms with Crippen LogP contribution >= 0.6 is 27.5 Å². The van der Waals surface area contributed by atoms with Gasteiger partial charge in [-0.3, -0.25) is 0 Å². The van der Waals surface area contributed by atoms with Crippen LogP contribution in [0.25, 0.3) is 10.9 Å². The third-order valence-electron chi connectivity index (χ3n) is 3.45. The minimum Gasteiger partial charge on any atom is -0.496 e. The van der Waals surface area contributed by atoms with Gasteiger partial charge in [0.25, 0.3) is 0 Å². The standard InChI is InChI=1S/C10H11N.C8H5BrClNO/c1-2-8-4-3-5-10-9(8)6-7-11-10;1-12-7-3-2-6(10)5(4-11)8(7)9/h3-7,11H,2H2,1H3;2-3H,1H3. The number of nitriles is 1. The number of hydrogen-bond donors (Lipinski definition) is 1. The van der Waals surface area contributed by atoms with Gasteiger partial charge in [-0.15, -0.1) is 0 Å². The Bertz CT molecular complexity index is 852. The highest BCUT2D eigenvalue weighted by atomic mass is 79.9. The molecule has 0 fully saturated rings. The quantitative estimate of drug-likeness (QED) is 0.608. The van der Waals surface area contributed by atoms with Gasteiger partial charge in [0.05, 0.1) is 22.2 Å². The molecule has 0 radical (unpaired) electrons. The van der Waals surface area contributed by atoms with E-state index in [1.54, 1.807) is 12.1 Å². The fourth-order valence-electron chi connectivity index (χ4n) is 2.25. The molecule has 1 aromatic heterocycles.